The summed E-state index contributed by atoms with van der Waals surface area (Å²) in [6.07, 6.45) is 0.256. The van der Waals surface area contributed by atoms with E-state index in [1.165, 1.54) is 17.4 Å². The molecule has 1 aromatic carbocycles. The Hall–Kier alpha value is -1.90. The molecule has 1 aliphatic heterocycles. The molecule has 1 aromatic heterocycles. The van der Waals surface area contributed by atoms with Crippen LogP contribution in [0.2, 0.25) is 0 Å². The van der Waals surface area contributed by atoms with Gasteiger partial charge in [0.1, 0.15) is 6.10 Å². The summed E-state index contributed by atoms with van der Waals surface area (Å²) in [5, 5.41) is 4.70. The normalized spacial score (nSPS) is 20.8. The van der Waals surface area contributed by atoms with Crippen molar-refractivity contribution in [2.75, 3.05) is 13.2 Å². The van der Waals surface area contributed by atoms with Crippen LogP contribution < -0.4 is 5.32 Å². The van der Waals surface area contributed by atoms with Gasteiger partial charge < -0.3 is 14.8 Å². The van der Waals surface area contributed by atoms with Gasteiger partial charge in [-0.2, -0.15) is 0 Å². The van der Waals surface area contributed by atoms with Gasteiger partial charge in [0.25, 0.3) is 5.91 Å². The summed E-state index contributed by atoms with van der Waals surface area (Å²) in [5.74, 6) is -2.50. The molecule has 1 aliphatic rings. The Bertz CT molecular complexity index is 697. The molecule has 2 heterocycles. The lowest BCUT2D eigenvalue weighted by Crippen LogP contribution is -2.50. The molecule has 1 amide bonds. The maximum atomic E-state index is 13.3. The summed E-state index contributed by atoms with van der Waals surface area (Å²) in [6, 6.07) is 2.80. The molecule has 24 heavy (non-hydrogen) atoms. The number of rotatable bonds is 5. The molecule has 1 saturated heterocycles. The van der Waals surface area contributed by atoms with Crippen molar-refractivity contribution < 1.29 is 23.0 Å². The maximum absolute atomic E-state index is 13.3. The second kappa shape index (κ2) is 7.78. The zero-order valence-electron chi connectivity index (χ0n) is 12.7. The van der Waals surface area contributed by atoms with Gasteiger partial charge in [-0.15, -0.1) is 11.3 Å². The van der Waals surface area contributed by atoms with Gasteiger partial charge in [-0.25, -0.2) is 13.8 Å². The molecular formula is C16H16F2N2O3S. The second-order valence-corrected chi connectivity index (χ2v) is 6.12. The Labute approximate surface area is 141 Å². The molecule has 1 fully saturated rings. The minimum atomic E-state index is -1.05. The van der Waals surface area contributed by atoms with E-state index < -0.39 is 17.5 Å². The highest BCUT2D eigenvalue weighted by molar-refractivity contribution is 7.07. The fourth-order valence-corrected chi connectivity index (χ4v) is 2.97. The third kappa shape index (κ3) is 4.14. The lowest BCUT2D eigenvalue weighted by atomic mass is 10.1. The van der Waals surface area contributed by atoms with Crippen LogP contribution in [-0.2, 0) is 16.1 Å². The van der Waals surface area contributed by atoms with Crippen LogP contribution in [0.4, 0.5) is 8.78 Å². The van der Waals surface area contributed by atoms with Crippen LogP contribution in [0.3, 0.4) is 0 Å². The largest absolute Gasteiger partial charge is 0.379 e. The molecule has 2 aromatic rings. The van der Waals surface area contributed by atoms with E-state index in [9.17, 15) is 13.6 Å². The summed E-state index contributed by atoms with van der Waals surface area (Å²) in [6.45, 7) is 1.18. The number of benzene rings is 1. The smallest absolute Gasteiger partial charge is 0.251 e. The molecule has 1 N–H and O–H groups in total. The highest BCUT2D eigenvalue weighted by atomic mass is 32.1. The second-order valence-electron chi connectivity index (χ2n) is 5.40. The predicted octanol–water partition coefficient (Wildman–Crippen LogP) is 2.53. The minimum absolute atomic E-state index is 0.0682. The quantitative estimate of drug-likeness (QED) is 0.896. The van der Waals surface area contributed by atoms with Gasteiger partial charge in [0.15, 0.2) is 11.6 Å². The number of hydrogen-bond acceptors (Lipinski definition) is 5. The zero-order chi connectivity index (χ0) is 16.9. The highest BCUT2D eigenvalue weighted by Gasteiger charge is 2.28. The van der Waals surface area contributed by atoms with Gasteiger partial charge in [0.2, 0.25) is 0 Å². The average molecular weight is 354 g/mol. The van der Waals surface area contributed by atoms with Crippen LogP contribution in [0.15, 0.2) is 29.1 Å². The van der Waals surface area contributed by atoms with Crippen molar-refractivity contribution in [1.82, 2.24) is 10.3 Å². The van der Waals surface area contributed by atoms with E-state index in [1.54, 1.807) is 5.51 Å². The number of aromatic nitrogens is 1. The molecule has 0 radical (unpaired) electrons. The Morgan fingerprint density at radius 3 is 3.04 bits per heavy atom. The van der Waals surface area contributed by atoms with Crippen molar-refractivity contribution in [2.45, 2.75) is 25.2 Å². The van der Waals surface area contributed by atoms with Gasteiger partial charge in [0, 0.05) is 17.6 Å². The molecule has 3 rings (SSSR count). The number of amides is 1. The molecule has 0 bridgehead atoms. The minimum Gasteiger partial charge on any atom is -0.379 e. The number of thiazole rings is 1. The molecule has 8 heteroatoms. The average Bonchev–Trinajstić information content (AvgIpc) is 3.10. The van der Waals surface area contributed by atoms with Gasteiger partial charge in [-0.3, -0.25) is 4.79 Å². The number of hydrogen-bond donors (Lipinski definition) is 1. The van der Waals surface area contributed by atoms with Crippen molar-refractivity contribution in [2.24, 2.45) is 0 Å². The summed E-state index contributed by atoms with van der Waals surface area (Å²) in [5.41, 5.74) is 2.60. The Morgan fingerprint density at radius 2 is 2.29 bits per heavy atom. The van der Waals surface area contributed by atoms with Crippen LogP contribution in [0.25, 0.3) is 0 Å². The topological polar surface area (TPSA) is 60.5 Å². The van der Waals surface area contributed by atoms with Gasteiger partial charge >= 0.3 is 0 Å². The van der Waals surface area contributed by atoms with Gasteiger partial charge in [-0.1, -0.05) is 0 Å². The van der Waals surface area contributed by atoms with Crippen LogP contribution in [0.5, 0.6) is 0 Å². The van der Waals surface area contributed by atoms with E-state index in [2.05, 4.69) is 10.3 Å². The van der Waals surface area contributed by atoms with E-state index in [-0.39, 0.29) is 17.7 Å². The van der Waals surface area contributed by atoms with E-state index in [0.29, 0.717) is 26.2 Å². The number of carbonyl (C=O) groups is 1. The Kier molecular flexibility index (Phi) is 5.49. The third-order valence-corrected chi connectivity index (χ3v) is 4.37. The third-order valence-electron chi connectivity index (χ3n) is 3.73. The first kappa shape index (κ1) is 16.9. The molecular weight excluding hydrogens is 338 g/mol. The van der Waals surface area contributed by atoms with Crippen molar-refractivity contribution in [1.29, 1.82) is 0 Å². The molecule has 0 aliphatic carbocycles. The summed E-state index contributed by atoms with van der Waals surface area (Å²) < 4.78 is 37.4. The van der Waals surface area contributed by atoms with E-state index in [0.717, 1.165) is 17.8 Å². The first-order valence-corrected chi connectivity index (χ1v) is 8.40. The molecule has 2 unspecified atom stereocenters. The van der Waals surface area contributed by atoms with E-state index in [4.69, 9.17) is 9.47 Å². The van der Waals surface area contributed by atoms with Crippen molar-refractivity contribution in [3.63, 3.8) is 0 Å². The Balaban J connectivity index is 1.62. The van der Waals surface area contributed by atoms with Gasteiger partial charge in [0.05, 0.1) is 30.5 Å². The van der Waals surface area contributed by atoms with Crippen LogP contribution >= 0.6 is 11.3 Å². The number of halogens is 2. The molecule has 0 spiro atoms. The first-order valence-electron chi connectivity index (χ1n) is 7.46. The molecule has 5 nitrogen and oxygen atoms in total. The number of ether oxygens (including phenoxy) is 2. The fraction of sp³-hybridized carbons (Fsp3) is 0.375. The van der Waals surface area contributed by atoms with Gasteiger partial charge in [-0.05, 0) is 24.6 Å². The Morgan fingerprint density at radius 1 is 1.42 bits per heavy atom. The number of carbonyl (C=O) groups excluding carboxylic acids is 1. The van der Waals surface area contributed by atoms with Crippen LogP contribution in [0, 0.1) is 11.6 Å². The SMILES string of the molecule is O=C(NC1CCOCC1OCc1cscn1)c1ccc(F)c(F)c1. The molecule has 0 saturated carbocycles. The monoisotopic (exact) mass is 354 g/mol. The van der Waals surface area contributed by atoms with E-state index >= 15 is 0 Å². The van der Waals surface area contributed by atoms with Crippen LogP contribution in [0.1, 0.15) is 22.5 Å². The maximum Gasteiger partial charge on any atom is 0.251 e. The lowest BCUT2D eigenvalue weighted by Gasteiger charge is -2.32. The molecule has 128 valence electrons. The zero-order valence-corrected chi connectivity index (χ0v) is 13.5. The number of nitrogens with zero attached hydrogens (tertiary/aromatic N) is 1. The van der Waals surface area contributed by atoms with E-state index in [1.807, 2.05) is 5.38 Å². The van der Waals surface area contributed by atoms with Crippen LogP contribution in [-0.4, -0.2) is 36.3 Å². The highest BCUT2D eigenvalue weighted by Crippen LogP contribution is 2.16. The van der Waals surface area contributed by atoms with Crippen molar-refractivity contribution in [3.05, 3.63) is 52.0 Å². The summed E-state index contributed by atoms with van der Waals surface area (Å²) in [4.78, 5) is 16.4. The standard InChI is InChI=1S/C16H16F2N2O3S/c17-12-2-1-10(5-13(12)18)16(21)20-14-3-4-22-7-15(14)23-6-11-8-24-9-19-11/h1-2,5,8-9,14-15H,3-4,6-7H2,(H,20,21). The van der Waals surface area contributed by atoms with Crippen molar-refractivity contribution >= 4 is 17.2 Å². The lowest BCUT2D eigenvalue weighted by molar-refractivity contribution is -0.0742. The first-order chi connectivity index (χ1) is 11.6. The summed E-state index contributed by atoms with van der Waals surface area (Å²) >= 11 is 1.48. The molecule has 2 atom stereocenters. The number of nitrogens with one attached hydrogen (secondary N) is 1. The predicted molar refractivity (Wildman–Crippen MR) is 83.7 cm³/mol. The fourth-order valence-electron chi connectivity index (χ4n) is 2.43. The van der Waals surface area contributed by atoms with Crippen molar-refractivity contribution in [3.8, 4) is 0 Å². The summed E-state index contributed by atoms with van der Waals surface area (Å²) in [7, 11) is 0.